The van der Waals surface area contributed by atoms with E-state index in [1.54, 1.807) is 31.2 Å². The van der Waals surface area contributed by atoms with E-state index in [-0.39, 0.29) is 25.0 Å². The van der Waals surface area contributed by atoms with E-state index in [0.29, 0.717) is 23.2 Å². The van der Waals surface area contributed by atoms with E-state index in [4.69, 9.17) is 5.11 Å². The molecule has 23 heavy (non-hydrogen) atoms. The smallest absolute Gasteiger partial charge is 0.323 e. The van der Waals surface area contributed by atoms with Gasteiger partial charge >= 0.3 is 5.97 Å². The normalized spacial score (nSPS) is 14.6. The summed E-state index contributed by atoms with van der Waals surface area (Å²) >= 11 is 0. The van der Waals surface area contributed by atoms with Crippen LogP contribution in [0.4, 0.5) is 0 Å². The van der Waals surface area contributed by atoms with Gasteiger partial charge in [-0.1, -0.05) is 31.7 Å². The number of fused-ring (bicyclic) bond motifs is 1. The summed E-state index contributed by atoms with van der Waals surface area (Å²) in [5.41, 5.74) is 1.69. The quantitative estimate of drug-likeness (QED) is 0.868. The first-order valence-electron chi connectivity index (χ1n) is 7.48. The Morgan fingerprint density at radius 3 is 2.43 bits per heavy atom. The molecule has 0 aromatic heterocycles. The second-order valence-corrected chi connectivity index (χ2v) is 5.56. The van der Waals surface area contributed by atoms with Crippen LogP contribution in [0, 0.1) is 0 Å². The number of hydrogen-bond acceptors (Lipinski definition) is 3. The molecule has 0 bridgehead atoms. The number of carboxylic acids is 1. The molecule has 6 nitrogen and oxygen atoms in total. The lowest BCUT2D eigenvalue weighted by atomic mass is 10.1. The molecule has 1 unspecified atom stereocenters. The van der Waals surface area contributed by atoms with Gasteiger partial charge in [-0.3, -0.25) is 19.3 Å². The Hall–Kier alpha value is -2.63. The van der Waals surface area contributed by atoms with Gasteiger partial charge in [-0.15, -0.1) is 0 Å². The van der Waals surface area contributed by atoms with E-state index in [1.807, 2.05) is 6.92 Å². The summed E-state index contributed by atoms with van der Waals surface area (Å²) in [5.74, 6) is -1.75. The van der Waals surface area contributed by atoms with E-state index in [1.165, 1.54) is 9.80 Å². The molecule has 1 aromatic rings. The van der Waals surface area contributed by atoms with Crippen molar-refractivity contribution in [1.82, 2.24) is 9.80 Å². The Labute approximate surface area is 135 Å². The number of hydrogen-bond donors (Lipinski definition) is 1. The van der Waals surface area contributed by atoms with Crippen molar-refractivity contribution in [3.8, 4) is 0 Å². The number of carbonyl (C=O) groups excluding carboxylic acids is 2. The van der Waals surface area contributed by atoms with Crippen molar-refractivity contribution >= 4 is 23.5 Å². The minimum Gasteiger partial charge on any atom is -0.480 e. The van der Waals surface area contributed by atoms with Crippen LogP contribution in [0.5, 0.6) is 0 Å². The summed E-state index contributed by atoms with van der Waals surface area (Å²) in [6.45, 7) is 6.97. The maximum absolute atomic E-state index is 12.5. The van der Waals surface area contributed by atoms with Crippen LogP contribution in [0.15, 0.2) is 30.8 Å². The summed E-state index contributed by atoms with van der Waals surface area (Å²) in [6, 6.07) is 6.82. The van der Waals surface area contributed by atoms with E-state index < -0.39 is 11.9 Å². The third kappa shape index (κ3) is 3.26. The molecular formula is C17H20N2O4. The SMILES string of the molecule is C=C1c2ccccc2C(=O)N1CC(=O)N(CC(=O)O)C(C)CC. The van der Waals surface area contributed by atoms with Crippen LogP contribution >= 0.6 is 0 Å². The minimum absolute atomic E-state index is 0.204. The highest BCUT2D eigenvalue weighted by atomic mass is 16.4. The van der Waals surface area contributed by atoms with E-state index in [2.05, 4.69) is 6.58 Å². The van der Waals surface area contributed by atoms with Gasteiger partial charge in [0.15, 0.2) is 0 Å². The molecule has 1 atom stereocenters. The Bertz CT molecular complexity index is 633. The summed E-state index contributed by atoms with van der Waals surface area (Å²) in [7, 11) is 0. The number of carbonyl (C=O) groups is 3. The summed E-state index contributed by atoms with van der Waals surface area (Å²) in [5, 5.41) is 8.99. The zero-order valence-corrected chi connectivity index (χ0v) is 13.3. The highest BCUT2D eigenvalue weighted by Gasteiger charge is 2.33. The fourth-order valence-corrected chi connectivity index (χ4v) is 2.58. The van der Waals surface area contributed by atoms with Crippen molar-refractivity contribution in [2.45, 2.75) is 26.3 Å². The van der Waals surface area contributed by atoms with Gasteiger partial charge in [-0.2, -0.15) is 0 Å². The Balaban J connectivity index is 2.18. The van der Waals surface area contributed by atoms with Gasteiger partial charge in [0.25, 0.3) is 5.91 Å². The number of carboxylic acid groups (broad SMARTS) is 1. The van der Waals surface area contributed by atoms with E-state index >= 15 is 0 Å². The number of rotatable bonds is 6. The van der Waals surface area contributed by atoms with Crippen molar-refractivity contribution in [2.24, 2.45) is 0 Å². The van der Waals surface area contributed by atoms with Crippen molar-refractivity contribution < 1.29 is 19.5 Å². The third-order valence-electron chi connectivity index (χ3n) is 4.08. The van der Waals surface area contributed by atoms with Crippen molar-refractivity contribution in [3.63, 3.8) is 0 Å². The van der Waals surface area contributed by atoms with Gasteiger partial charge in [-0.05, 0) is 19.4 Å². The van der Waals surface area contributed by atoms with E-state index in [9.17, 15) is 14.4 Å². The van der Waals surface area contributed by atoms with Gasteiger partial charge in [0.2, 0.25) is 5.91 Å². The fraction of sp³-hybridized carbons (Fsp3) is 0.353. The Morgan fingerprint density at radius 1 is 1.30 bits per heavy atom. The molecule has 0 aliphatic carbocycles. The van der Waals surface area contributed by atoms with Crippen LogP contribution in [-0.2, 0) is 9.59 Å². The molecule has 122 valence electrons. The van der Waals surface area contributed by atoms with Gasteiger partial charge in [0.1, 0.15) is 13.1 Å². The lowest BCUT2D eigenvalue weighted by Crippen LogP contribution is -2.46. The molecule has 0 saturated carbocycles. The van der Waals surface area contributed by atoms with E-state index in [0.717, 1.165) is 0 Å². The first-order chi connectivity index (χ1) is 10.9. The number of amides is 2. The molecule has 0 spiro atoms. The zero-order chi connectivity index (χ0) is 17.1. The molecule has 0 radical (unpaired) electrons. The molecule has 2 amide bonds. The first-order valence-corrected chi connectivity index (χ1v) is 7.48. The van der Waals surface area contributed by atoms with Gasteiger partial charge in [0.05, 0.1) is 0 Å². The third-order valence-corrected chi connectivity index (χ3v) is 4.08. The van der Waals surface area contributed by atoms with Gasteiger partial charge < -0.3 is 10.0 Å². The number of aliphatic carboxylic acids is 1. The zero-order valence-electron chi connectivity index (χ0n) is 13.3. The van der Waals surface area contributed by atoms with Crippen LogP contribution < -0.4 is 0 Å². The standard InChI is InChI=1S/C17H20N2O4/c1-4-11(2)18(10-16(21)22)15(20)9-19-12(3)13-7-5-6-8-14(13)17(19)23/h5-8,11H,3-4,9-10H2,1-2H3,(H,21,22). The lowest BCUT2D eigenvalue weighted by molar-refractivity contribution is -0.146. The van der Waals surface area contributed by atoms with Crippen molar-refractivity contribution in [2.75, 3.05) is 13.1 Å². The van der Waals surface area contributed by atoms with Crippen molar-refractivity contribution in [1.29, 1.82) is 0 Å². The molecule has 1 N–H and O–H groups in total. The maximum atomic E-state index is 12.5. The van der Waals surface area contributed by atoms with Crippen LogP contribution in [-0.4, -0.2) is 51.8 Å². The number of nitrogens with zero attached hydrogens (tertiary/aromatic N) is 2. The van der Waals surface area contributed by atoms with Crippen LogP contribution in [0.25, 0.3) is 5.70 Å². The molecule has 1 aliphatic rings. The number of benzene rings is 1. The molecular weight excluding hydrogens is 296 g/mol. The van der Waals surface area contributed by atoms with Gasteiger partial charge in [0, 0.05) is 22.9 Å². The fourth-order valence-electron chi connectivity index (χ4n) is 2.58. The minimum atomic E-state index is -1.08. The van der Waals surface area contributed by atoms with Crippen LogP contribution in [0.3, 0.4) is 0 Å². The predicted octanol–water partition coefficient (Wildman–Crippen LogP) is 1.82. The molecule has 0 fully saturated rings. The van der Waals surface area contributed by atoms with Crippen LogP contribution in [0.2, 0.25) is 0 Å². The maximum Gasteiger partial charge on any atom is 0.323 e. The molecule has 6 heteroatoms. The van der Waals surface area contributed by atoms with Gasteiger partial charge in [-0.25, -0.2) is 0 Å². The molecule has 1 heterocycles. The predicted molar refractivity (Wildman–Crippen MR) is 85.6 cm³/mol. The largest absolute Gasteiger partial charge is 0.480 e. The summed E-state index contributed by atoms with van der Waals surface area (Å²) in [6.07, 6.45) is 0.633. The monoisotopic (exact) mass is 316 g/mol. The summed E-state index contributed by atoms with van der Waals surface area (Å²) < 4.78 is 0. The second kappa shape index (κ2) is 6.64. The highest BCUT2D eigenvalue weighted by Crippen LogP contribution is 2.30. The molecule has 0 saturated heterocycles. The lowest BCUT2D eigenvalue weighted by Gasteiger charge is -2.29. The molecule has 2 rings (SSSR count). The average Bonchev–Trinajstić information content (AvgIpc) is 2.77. The highest BCUT2D eigenvalue weighted by molar-refractivity contribution is 6.10. The molecule has 1 aromatic carbocycles. The Kier molecular flexibility index (Phi) is 4.83. The second-order valence-electron chi connectivity index (χ2n) is 5.56. The first kappa shape index (κ1) is 16.7. The van der Waals surface area contributed by atoms with Crippen molar-refractivity contribution in [3.05, 3.63) is 42.0 Å². The van der Waals surface area contributed by atoms with Crippen LogP contribution in [0.1, 0.15) is 36.2 Å². The summed E-state index contributed by atoms with van der Waals surface area (Å²) in [4.78, 5) is 38.5. The average molecular weight is 316 g/mol. The Morgan fingerprint density at radius 2 is 1.91 bits per heavy atom. The molecule has 1 aliphatic heterocycles. The topological polar surface area (TPSA) is 77.9 Å².